The number of nitrogens with one attached hydrogen (secondary N) is 1. The van der Waals surface area contributed by atoms with Gasteiger partial charge in [-0.05, 0) is 64.2 Å². The summed E-state index contributed by atoms with van der Waals surface area (Å²) in [6, 6.07) is -0.645. The molecule has 0 spiro atoms. The van der Waals surface area contributed by atoms with E-state index >= 15 is 0 Å². The lowest BCUT2D eigenvalue weighted by molar-refractivity contribution is -0.123. The molecule has 0 aliphatic carbocycles. The van der Waals surface area contributed by atoms with Gasteiger partial charge in [0.05, 0.1) is 18.8 Å². The van der Waals surface area contributed by atoms with Gasteiger partial charge in [0.1, 0.15) is 0 Å². The highest BCUT2D eigenvalue weighted by molar-refractivity contribution is 5.76. The topological polar surface area (TPSA) is 69.6 Å². The smallest absolute Gasteiger partial charge is 0.220 e. The lowest BCUT2D eigenvalue weighted by Gasteiger charge is -2.19. The highest BCUT2D eigenvalue weighted by Gasteiger charge is 2.17. The predicted octanol–water partition coefficient (Wildman–Crippen LogP) is 10.8. The van der Waals surface area contributed by atoms with E-state index in [1.807, 2.05) is 6.08 Å². The van der Waals surface area contributed by atoms with E-state index in [1.165, 1.54) is 103 Å². The van der Waals surface area contributed by atoms with E-state index < -0.39 is 12.1 Å². The fraction of sp³-hybridized carbons (Fsp3) is 0.769. The molecular formula is C39H71NO3. The van der Waals surface area contributed by atoms with Crippen molar-refractivity contribution in [2.75, 3.05) is 6.61 Å². The van der Waals surface area contributed by atoms with Crippen molar-refractivity contribution < 1.29 is 15.0 Å². The molecule has 0 aliphatic rings. The van der Waals surface area contributed by atoms with Crippen LogP contribution in [-0.2, 0) is 4.79 Å². The molecule has 4 nitrogen and oxygen atoms in total. The minimum absolute atomic E-state index is 0.0907. The molecular weight excluding hydrogens is 530 g/mol. The van der Waals surface area contributed by atoms with Gasteiger partial charge in [0.2, 0.25) is 5.91 Å². The molecule has 0 heterocycles. The molecule has 0 aromatic heterocycles. The van der Waals surface area contributed by atoms with Gasteiger partial charge < -0.3 is 15.5 Å². The van der Waals surface area contributed by atoms with Crippen LogP contribution in [0, 0.1) is 0 Å². The van der Waals surface area contributed by atoms with Crippen LogP contribution in [0.1, 0.15) is 174 Å². The van der Waals surface area contributed by atoms with Crippen LogP contribution in [0.15, 0.2) is 48.6 Å². The van der Waals surface area contributed by atoms with E-state index in [9.17, 15) is 15.0 Å². The van der Waals surface area contributed by atoms with Crippen LogP contribution in [0.5, 0.6) is 0 Å². The zero-order chi connectivity index (χ0) is 31.5. The Morgan fingerprint density at radius 2 is 0.977 bits per heavy atom. The molecule has 250 valence electrons. The summed E-state index contributed by atoms with van der Waals surface area (Å²) in [6.07, 6.45) is 46.2. The van der Waals surface area contributed by atoms with Gasteiger partial charge in [-0.15, -0.1) is 0 Å². The summed E-state index contributed by atoms with van der Waals surface area (Å²) in [5.41, 5.74) is 0. The quantitative estimate of drug-likeness (QED) is 0.0530. The van der Waals surface area contributed by atoms with Gasteiger partial charge in [-0.2, -0.15) is 0 Å². The zero-order valence-corrected chi connectivity index (χ0v) is 28.5. The number of rotatable bonds is 32. The van der Waals surface area contributed by atoms with Crippen LogP contribution in [-0.4, -0.2) is 34.9 Å². The van der Waals surface area contributed by atoms with Crippen molar-refractivity contribution in [2.24, 2.45) is 0 Å². The summed E-state index contributed by atoms with van der Waals surface area (Å²) in [4.78, 5) is 12.3. The van der Waals surface area contributed by atoms with Gasteiger partial charge >= 0.3 is 0 Å². The van der Waals surface area contributed by atoms with E-state index in [1.54, 1.807) is 6.08 Å². The van der Waals surface area contributed by atoms with E-state index in [0.717, 1.165) is 51.4 Å². The lowest BCUT2D eigenvalue weighted by Crippen LogP contribution is -2.45. The van der Waals surface area contributed by atoms with E-state index in [0.29, 0.717) is 6.42 Å². The SMILES string of the molecule is CCCCC/C=C\C/C=C\CCCCCCCC(=O)NC(CO)C(O)/C=C/CC/C=C/CCCCCCCCCCCC. The standard InChI is InChI=1S/C39H71NO3/c1-3-5-7-9-11-13-15-17-19-21-22-24-26-28-30-32-34-38(42)37(36-41)40-39(43)35-33-31-29-27-25-23-20-18-16-14-12-10-8-6-4-2/h12,14,18,20,24,26,32,34,37-38,41-42H,3-11,13,15-17,19,21-23,25,27-31,33,35-36H2,1-2H3,(H,40,43)/b14-12-,20-18-,26-24+,34-32+. The van der Waals surface area contributed by atoms with Crippen LogP contribution >= 0.6 is 0 Å². The molecule has 43 heavy (non-hydrogen) atoms. The molecule has 0 aromatic carbocycles. The number of hydrogen-bond acceptors (Lipinski definition) is 3. The second-order valence-corrected chi connectivity index (χ2v) is 12.3. The molecule has 0 rings (SSSR count). The highest BCUT2D eigenvalue weighted by Crippen LogP contribution is 2.12. The number of aliphatic hydroxyl groups is 2. The fourth-order valence-electron chi connectivity index (χ4n) is 5.16. The van der Waals surface area contributed by atoms with Crippen molar-refractivity contribution in [3.8, 4) is 0 Å². The Bertz CT molecular complexity index is 697. The molecule has 0 bridgehead atoms. The van der Waals surface area contributed by atoms with Crippen molar-refractivity contribution in [1.29, 1.82) is 0 Å². The summed E-state index contributed by atoms with van der Waals surface area (Å²) in [6.45, 7) is 4.24. The first-order valence-electron chi connectivity index (χ1n) is 18.4. The third kappa shape index (κ3) is 31.6. The lowest BCUT2D eigenvalue weighted by atomic mass is 10.1. The summed E-state index contributed by atoms with van der Waals surface area (Å²) >= 11 is 0. The Hall–Kier alpha value is -1.65. The van der Waals surface area contributed by atoms with Crippen molar-refractivity contribution in [3.05, 3.63) is 48.6 Å². The molecule has 0 saturated carbocycles. The Labute approximate surface area is 267 Å². The first kappa shape index (κ1) is 41.4. The molecule has 0 fully saturated rings. The van der Waals surface area contributed by atoms with Gasteiger partial charge in [-0.1, -0.05) is 152 Å². The molecule has 4 heteroatoms. The van der Waals surface area contributed by atoms with E-state index in [-0.39, 0.29) is 12.5 Å². The predicted molar refractivity (Wildman–Crippen MR) is 188 cm³/mol. The van der Waals surface area contributed by atoms with Crippen molar-refractivity contribution in [1.82, 2.24) is 5.32 Å². The number of unbranched alkanes of at least 4 members (excludes halogenated alkanes) is 19. The summed E-state index contributed by atoms with van der Waals surface area (Å²) in [5, 5.41) is 22.8. The molecule has 1 amide bonds. The minimum Gasteiger partial charge on any atom is -0.394 e. The van der Waals surface area contributed by atoms with Crippen LogP contribution in [0.25, 0.3) is 0 Å². The Balaban J connectivity index is 3.72. The van der Waals surface area contributed by atoms with Crippen molar-refractivity contribution in [2.45, 2.75) is 187 Å². The number of amides is 1. The number of allylic oxidation sites excluding steroid dienone is 7. The van der Waals surface area contributed by atoms with Crippen molar-refractivity contribution in [3.63, 3.8) is 0 Å². The zero-order valence-electron chi connectivity index (χ0n) is 28.5. The maximum Gasteiger partial charge on any atom is 0.220 e. The summed E-state index contributed by atoms with van der Waals surface area (Å²) < 4.78 is 0. The molecule has 2 atom stereocenters. The number of aliphatic hydroxyl groups excluding tert-OH is 2. The Morgan fingerprint density at radius 1 is 0.558 bits per heavy atom. The summed E-state index contributed by atoms with van der Waals surface area (Å²) in [7, 11) is 0. The maximum absolute atomic E-state index is 12.3. The van der Waals surface area contributed by atoms with Gasteiger partial charge in [0, 0.05) is 6.42 Å². The largest absolute Gasteiger partial charge is 0.394 e. The first-order valence-corrected chi connectivity index (χ1v) is 18.4. The average molecular weight is 602 g/mol. The number of carbonyl (C=O) groups is 1. The molecule has 2 unspecified atom stereocenters. The molecule has 0 aromatic rings. The van der Waals surface area contributed by atoms with Gasteiger partial charge in [0.25, 0.3) is 0 Å². The third-order valence-corrected chi connectivity index (χ3v) is 8.03. The maximum atomic E-state index is 12.3. The Kier molecular flexibility index (Phi) is 33.5. The van der Waals surface area contributed by atoms with Crippen LogP contribution in [0.4, 0.5) is 0 Å². The number of hydrogen-bond donors (Lipinski definition) is 3. The second kappa shape index (κ2) is 34.8. The normalized spacial score (nSPS) is 13.7. The first-order chi connectivity index (χ1) is 21.2. The summed E-state index contributed by atoms with van der Waals surface area (Å²) in [5.74, 6) is -0.0907. The van der Waals surface area contributed by atoms with Crippen LogP contribution < -0.4 is 5.32 Å². The van der Waals surface area contributed by atoms with Crippen LogP contribution in [0.2, 0.25) is 0 Å². The number of carbonyl (C=O) groups excluding carboxylic acids is 1. The molecule has 3 N–H and O–H groups in total. The van der Waals surface area contributed by atoms with Gasteiger partial charge in [-0.3, -0.25) is 4.79 Å². The molecule has 0 aliphatic heterocycles. The highest BCUT2D eigenvalue weighted by atomic mass is 16.3. The van der Waals surface area contributed by atoms with Crippen molar-refractivity contribution >= 4 is 5.91 Å². The fourth-order valence-corrected chi connectivity index (χ4v) is 5.16. The second-order valence-electron chi connectivity index (χ2n) is 12.3. The third-order valence-electron chi connectivity index (χ3n) is 8.03. The Morgan fingerprint density at radius 3 is 1.53 bits per heavy atom. The van der Waals surface area contributed by atoms with E-state index in [2.05, 4.69) is 55.6 Å². The minimum atomic E-state index is -0.867. The van der Waals surface area contributed by atoms with Gasteiger partial charge in [-0.25, -0.2) is 0 Å². The molecule has 0 saturated heterocycles. The van der Waals surface area contributed by atoms with Crippen LogP contribution in [0.3, 0.4) is 0 Å². The monoisotopic (exact) mass is 602 g/mol. The average Bonchev–Trinajstić information content (AvgIpc) is 3.01. The molecule has 0 radical (unpaired) electrons. The van der Waals surface area contributed by atoms with Gasteiger partial charge in [0.15, 0.2) is 0 Å². The van der Waals surface area contributed by atoms with E-state index in [4.69, 9.17) is 0 Å².